The van der Waals surface area contributed by atoms with Gasteiger partial charge < -0.3 is 22.4 Å². The number of hydrogen-bond donors (Lipinski definition) is 1. The number of ether oxygens (including phenoxy) is 1. The van der Waals surface area contributed by atoms with Gasteiger partial charge in [-0.3, -0.25) is 10.1 Å². The fraction of sp³-hybridized carbons (Fsp3) is 0.636. The first-order chi connectivity index (χ1) is 8.89. The predicted molar refractivity (Wildman–Crippen MR) is 66.7 cm³/mol. The van der Waals surface area contributed by atoms with Gasteiger partial charge in [-0.1, -0.05) is 5.16 Å². The predicted octanol–water partition coefficient (Wildman–Crippen LogP) is -2.36. The van der Waals surface area contributed by atoms with Crippen molar-refractivity contribution in [1.82, 2.24) is 4.57 Å². The van der Waals surface area contributed by atoms with Crippen molar-refractivity contribution >= 4 is 6.21 Å². The first-order valence-corrected chi connectivity index (χ1v) is 5.91. The number of rotatable bonds is 7. The summed E-state index contributed by atoms with van der Waals surface area (Å²) in [7, 11) is 0. The molecule has 0 amide bonds. The van der Waals surface area contributed by atoms with E-state index in [2.05, 4.69) is 5.16 Å². The van der Waals surface area contributed by atoms with Gasteiger partial charge in [0.2, 0.25) is 6.54 Å². The van der Waals surface area contributed by atoms with Gasteiger partial charge in [-0.15, -0.1) is 0 Å². The minimum Gasteiger partial charge on any atom is -1.00 e. The molecule has 0 bridgehead atoms. The Labute approximate surface area is 123 Å². The number of aromatic nitrogens is 2. The van der Waals surface area contributed by atoms with Crippen LogP contribution in [0.4, 0.5) is 0 Å². The minimum atomic E-state index is -0.863. The molecule has 0 unspecified atom stereocenters. The van der Waals surface area contributed by atoms with Crippen molar-refractivity contribution in [2.45, 2.75) is 39.6 Å². The molecule has 1 N–H and O–H groups in total. The smallest absolute Gasteiger partial charge is 0.305 e. The summed E-state index contributed by atoms with van der Waals surface area (Å²) in [6.07, 6.45) is 4.89. The minimum absolute atomic E-state index is 0. The van der Waals surface area contributed by atoms with Crippen molar-refractivity contribution in [3.63, 3.8) is 0 Å². The third-order valence-corrected chi connectivity index (χ3v) is 2.63. The summed E-state index contributed by atoms with van der Waals surface area (Å²) < 4.78 is 9.11. The normalized spacial score (nSPS) is 11.6. The maximum atomic E-state index is 10.5. The van der Waals surface area contributed by atoms with E-state index < -0.39 is 10.5 Å². The molecule has 0 aliphatic heterocycles. The van der Waals surface area contributed by atoms with Crippen molar-refractivity contribution in [1.29, 1.82) is 0 Å². The number of oxime groups is 1. The first kappa shape index (κ1) is 18.3. The van der Waals surface area contributed by atoms with E-state index in [1.54, 1.807) is 24.6 Å². The Kier molecular flexibility index (Phi) is 7.16. The molecule has 1 rings (SSSR count). The van der Waals surface area contributed by atoms with Gasteiger partial charge >= 0.3 is 5.82 Å². The van der Waals surface area contributed by atoms with Crippen molar-refractivity contribution in [2.75, 3.05) is 6.54 Å². The number of nitrogens with zero attached hydrogens (tertiary/aromatic N) is 4. The van der Waals surface area contributed by atoms with Crippen LogP contribution in [0, 0.1) is 10.1 Å². The zero-order valence-electron chi connectivity index (χ0n) is 11.7. The Bertz CT molecular complexity index is 473. The average molecular weight is 307 g/mol. The molecular formula is C11H19ClN4O4. The molecule has 0 aliphatic carbocycles. The van der Waals surface area contributed by atoms with Crippen LogP contribution in [0.2, 0.25) is 0 Å². The first-order valence-electron chi connectivity index (χ1n) is 5.91. The summed E-state index contributed by atoms with van der Waals surface area (Å²) in [5.74, 6) is 0.655. The second-order valence-corrected chi connectivity index (χ2v) is 4.68. The third-order valence-electron chi connectivity index (χ3n) is 2.63. The van der Waals surface area contributed by atoms with Crippen molar-refractivity contribution < 1.29 is 31.8 Å². The Morgan fingerprint density at radius 1 is 1.65 bits per heavy atom. The topological polar surface area (TPSA) is 93.8 Å². The molecular weight excluding hydrogens is 288 g/mol. The van der Waals surface area contributed by atoms with Gasteiger partial charge in [0.15, 0.2) is 12.9 Å². The third kappa shape index (κ3) is 5.14. The van der Waals surface area contributed by atoms with Gasteiger partial charge in [0, 0.05) is 4.92 Å². The lowest BCUT2D eigenvalue weighted by Gasteiger charge is -2.19. The molecule has 1 heterocycles. The highest BCUT2D eigenvalue weighted by Crippen LogP contribution is 2.09. The Hall–Kier alpha value is -1.67. The van der Waals surface area contributed by atoms with Gasteiger partial charge in [-0.2, -0.15) is 0 Å². The van der Waals surface area contributed by atoms with Crippen LogP contribution in [0.25, 0.3) is 0 Å². The van der Waals surface area contributed by atoms with E-state index in [4.69, 9.17) is 9.94 Å². The summed E-state index contributed by atoms with van der Waals surface area (Å²) in [4.78, 5) is 10.1. The monoisotopic (exact) mass is 306 g/mol. The van der Waals surface area contributed by atoms with Crippen molar-refractivity contribution in [3.05, 3.63) is 28.3 Å². The van der Waals surface area contributed by atoms with Crippen LogP contribution in [0.5, 0.6) is 0 Å². The van der Waals surface area contributed by atoms with Crippen molar-refractivity contribution in [3.8, 4) is 0 Å². The summed E-state index contributed by atoms with van der Waals surface area (Å²) >= 11 is 0. The van der Waals surface area contributed by atoms with Gasteiger partial charge in [0.05, 0.1) is 6.54 Å². The van der Waals surface area contributed by atoms with E-state index in [1.807, 2.05) is 17.7 Å². The molecule has 9 heteroatoms. The molecule has 0 fully saturated rings. The van der Waals surface area contributed by atoms with Crippen LogP contribution < -0.4 is 17.0 Å². The lowest BCUT2D eigenvalue weighted by Crippen LogP contribution is -3.00. The Morgan fingerprint density at radius 2 is 2.30 bits per heavy atom. The van der Waals surface area contributed by atoms with E-state index in [-0.39, 0.29) is 25.7 Å². The zero-order valence-corrected chi connectivity index (χ0v) is 12.4. The van der Waals surface area contributed by atoms with Crippen LogP contribution in [-0.2, 0) is 18.0 Å². The van der Waals surface area contributed by atoms with Gasteiger partial charge in [-0.05, 0) is 20.8 Å². The van der Waals surface area contributed by atoms with E-state index in [9.17, 15) is 10.1 Å². The lowest BCUT2D eigenvalue weighted by atomic mass is 10.1. The fourth-order valence-corrected chi connectivity index (χ4v) is 1.66. The molecule has 1 aromatic rings. The molecule has 114 valence electrons. The maximum Gasteiger partial charge on any atom is 0.305 e. The van der Waals surface area contributed by atoms with Gasteiger partial charge in [0.25, 0.3) is 0 Å². The van der Waals surface area contributed by atoms with Crippen molar-refractivity contribution in [2.24, 2.45) is 5.16 Å². The molecule has 0 atom stereocenters. The molecule has 0 saturated heterocycles. The van der Waals surface area contributed by atoms with Crippen LogP contribution in [0.1, 0.15) is 26.6 Å². The number of imidazole rings is 1. The summed E-state index contributed by atoms with van der Waals surface area (Å²) in [6.45, 7) is 5.86. The molecule has 0 saturated carbocycles. The zero-order chi connectivity index (χ0) is 14.5. The highest BCUT2D eigenvalue weighted by atomic mass is 35.5. The number of nitro groups is 1. The van der Waals surface area contributed by atoms with E-state index in [1.165, 1.54) is 6.21 Å². The molecule has 20 heavy (non-hydrogen) atoms. The van der Waals surface area contributed by atoms with Crippen LogP contribution >= 0.6 is 0 Å². The van der Waals surface area contributed by atoms with Crippen LogP contribution in [-0.4, -0.2) is 33.1 Å². The van der Waals surface area contributed by atoms with Gasteiger partial charge in [-0.25, -0.2) is 9.13 Å². The second kappa shape index (κ2) is 7.81. The molecule has 0 aliphatic rings. The highest BCUT2D eigenvalue weighted by Gasteiger charge is 2.27. The molecule has 8 nitrogen and oxygen atoms in total. The summed E-state index contributed by atoms with van der Waals surface area (Å²) in [5.41, 5.74) is -0.863. The Balaban J connectivity index is 0.00000361. The number of halogens is 1. The summed E-state index contributed by atoms with van der Waals surface area (Å²) in [5, 5.41) is 22.2. The van der Waals surface area contributed by atoms with E-state index in [0.29, 0.717) is 12.4 Å². The second-order valence-electron chi connectivity index (χ2n) is 4.68. The SMILES string of the molecule is CCn1cc[n+](COC(C)(C)C[N+](=O)[O-])c1/C=N/O.[Cl-]. The maximum absolute atomic E-state index is 10.5. The average Bonchev–Trinajstić information content (AvgIpc) is 2.68. The van der Waals surface area contributed by atoms with Gasteiger partial charge in [0.1, 0.15) is 18.0 Å². The standard InChI is InChI=1S/C11H18N4O4.ClH/c1-4-13-5-6-14(10(13)7-12-16)9-19-11(2,3)8-15(17)18;/h5-7H,4,8-9H2,1-3H3;1H. The van der Waals surface area contributed by atoms with Crippen LogP contribution in [0.3, 0.4) is 0 Å². The quantitative estimate of drug-likeness (QED) is 0.200. The molecule has 0 radical (unpaired) electrons. The van der Waals surface area contributed by atoms with E-state index >= 15 is 0 Å². The lowest BCUT2D eigenvalue weighted by molar-refractivity contribution is -0.739. The van der Waals surface area contributed by atoms with E-state index in [0.717, 1.165) is 0 Å². The summed E-state index contributed by atoms with van der Waals surface area (Å²) in [6, 6.07) is 0. The van der Waals surface area contributed by atoms with Crippen LogP contribution in [0.15, 0.2) is 17.5 Å². The number of hydrogen-bond acceptors (Lipinski definition) is 5. The highest BCUT2D eigenvalue weighted by molar-refractivity contribution is 5.72. The fourth-order valence-electron chi connectivity index (χ4n) is 1.66. The largest absolute Gasteiger partial charge is 1.00 e. The number of aryl methyl sites for hydroxylation is 1. The molecule has 0 aromatic carbocycles. The molecule has 1 aromatic heterocycles. The Morgan fingerprint density at radius 3 is 2.80 bits per heavy atom. The molecule has 0 spiro atoms.